The topological polar surface area (TPSA) is 62.7 Å². The van der Waals surface area contributed by atoms with Crippen LogP contribution in [0.2, 0.25) is 0 Å². The van der Waals surface area contributed by atoms with E-state index in [0.29, 0.717) is 19.0 Å². The first-order valence-electron chi connectivity index (χ1n) is 8.19. The Morgan fingerprint density at radius 3 is 2.67 bits per heavy atom. The van der Waals surface area contributed by atoms with Crippen LogP contribution in [0.3, 0.4) is 0 Å². The summed E-state index contributed by atoms with van der Waals surface area (Å²) in [5, 5.41) is 6.53. The van der Waals surface area contributed by atoms with E-state index in [1.807, 2.05) is 0 Å². The number of methoxy groups -OCH3 is 1. The first kappa shape index (κ1) is 17.8. The summed E-state index contributed by atoms with van der Waals surface area (Å²) in [6.07, 6.45) is 9.86. The number of guanidine groups is 1. The van der Waals surface area contributed by atoms with E-state index in [9.17, 15) is 4.79 Å². The maximum Gasteiger partial charge on any atom is 0.307 e. The van der Waals surface area contributed by atoms with Crippen molar-refractivity contribution < 1.29 is 9.53 Å². The molecule has 0 aliphatic heterocycles. The molecule has 1 rings (SSSR count). The van der Waals surface area contributed by atoms with Crippen LogP contribution in [0.4, 0.5) is 0 Å². The fraction of sp³-hybridized carbons (Fsp3) is 0.875. The Kier molecular flexibility index (Phi) is 8.87. The maximum absolute atomic E-state index is 11.1. The summed E-state index contributed by atoms with van der Waals surface area (Å²) in [5.41, 5.74) is 0. The van der Waals surface area contributed by atoms with Gasteiger partial charge in [0.1, 0.15) is 0 Å². The molecule has 0 aromatic carbocycles. The number of hydrogen-bond donors (Lipinski definition) is 2. The highest BCUT2D eigenvalue weighted by Gasteiger charge is 2.15. The van der Waals surface area contributed by atoms with Gasteiger partial charge in [-0.3, -0.25) is 9.79 Å². The van der Waals surface area contributed by atoms with E-state index in [0.717, 1.165) is 11.9 Å². The van der Waals surface area contributed by atoms with Crippen molar-refractivity contribution in [2.24, 2.45) is 10.9 Å². The summed E-state index contributed by atoms with van der Waals surface area (Å²) >= 11 is 0. The minimum Gasteiger partial charge on any atom is -0.469 e. The SMILES string of the molecule is CN=C(NCCC(=O)OC)NC(C)CCC1CCCCC1. The van der Waals surface area contributed by atoms with E-state index in [2.05, 4.69) is 27.3 Å². The predicted molar refractivity (Wildman–Crippen MR) is 86.4 cm³/mol. The Morgan fingerprint density at radius 2 is 2.05 bits per heavy atom. The molecule has 5 heteroatoms. The van der Waals surface area contributed by atoms with Crippen molar-refractivity contribution >= 4 is 11.9 Å². The van der Waals surface area contributed by atoms with Crippen LogP contribution in [0, 0.1) is 5.92 Å². The first-order valence-corrected chi connectivity index (χ1v) is 8.19. The quantitative estimate of drug-likeness (QED) is 0.430. The van der Waals surface area contributed by atoms with Gasteiger partial charge in [0.05, 0.1) is 13.5 Å². The van der Waals surface area contributed by atoms with Crippen LogP contribution in [0.5, 0.6) is 0 Å². The molecule has 5 nitrogen and oxygen atoms in total. The molecule has 0 spiro atoms. The lowest BCUT2D eigenvalue weighted by atomic mass is 9.85. The first-order chi connectivity index (χ1) is 10.2. The fourth-order valence-corrected chi connectivity index (χ4v) is 2.85. The molecule has 0 saturated heterocycles. The summed E-state index contributed by atoms with van der Waals surface area (Å²) in [4.78, 5) is 15.2. The highest BCUT2D eigenvalue weighted by Crippen LogP contribution is 2.27. The third-order valence-corrected chi connectivity index (χ3v) is 4.19. The van der Waals surface area contributed by atoms with Crippen LogP contribution in [0.25, 0.3) is 0 Å². The van der Waals surface area contributed by atoms with Gasteiger partial charge in [0.15, 0.2) is 5.96 Å². The average molecular weight is 297 g/mol. The van der Waals surface area contributed by atoms with Crippen molar-refractivity contribution in [2.75, 3.05) is 20.7 Å². The van der Waals surface area contributed by atoms with E-state index in [1.54, 1.807) is 7.05 Å². The molecule has 122 valence electrons. The van der Waals surface area contributed by atoms with Crippen molar-refractivity contribution in [3.8, 4) is 0 Å². The zero-order valence-electron chi connectivity index (χ0n) is 13.8. The van der Waals surface area contributed by atoms with Crippen LogP contribution < -0.4 is 10.6 Å². The van der Waals surface area contributed by atoms with Gasteiger partial charge in [-0.15, -0.1) is 0 Å². The van der Waals surface area contributed by atoms with Crippen LogP contribution in [0.15, 0.2) is 4.99 Å². The number of nitrogens with one attached hydrogen (secondary N) is 2. The summed E-state index contributed by atoms with van der Waals surface area (Å²) < 4.78 is 4.61. The molecule has 0 radical (unpaired) electrons. The molecular weight excluding hydrogens is 266 g/mol. The van der Waals surface area contributed by atoms with Crippen molar-refractivity contribution in [1.82, 2.24) is 10.6 Å². The molecule has 21 heavy (non-hydrogen) atoms. The van der Waals surface area contributed by atoms with E-state index >= 15 is 0 Å². The highest BCUT2D eigenvalue weighted by molar-refractivity contribution is 5.80. The predicted octanol–water partition coefficient (Wildman–Crippen LogP) is 2.46. The van der Waals surface area contributed by atoms with Gasteiger partial charge < -0.3 is 15.4 Å². The van der Waals surface area contributed by atoms with Gasteiger partial charge in [-0.25, -0.2) is 0 Å². The zero-order chi connectivity index (χ0) is 15.5. The Morgan fingerprint density at radius 1 is 1.33 bits per heavy atom. The second-order valence-corrected chi connectivity index (χ2v) is 5.95. The van der Waals surface area contributed by atoms with E-state index < -0.39 is 0 Å². The Balaban J connectivity index is 2.17. The molecule has 0 heterocycles. The number of hydrogen-bond acceptors (Lipinski definition) is 3. The van der Waals surface area contributed by atoms with E-state index in [-0.39, 0.29) is 5.97 Å². The number of ether oxygens (including phenoxy) is 1. The molecule has 1 aliphatic carbocycles. The van der Waals surface area contributed by atoms with Gasteiger partial charge in [0, 0.05) is 19.6 Å². The van der Waals surface area contributed by atoms with Gasteiger partial charge >= 0.3 is 5.97 Å². The summed E-state index contributed by atoms with van der Waals surface area (Å²) in [7, 11) is 3.16. The van der Waals surface area contributed by atoms with Crippen molar-refractivity contribution in [1.29, 1.82) is 0 Å². The van der Waals surface area contributed by atoms with Gasteiger partial charge in [-0.05, 0) is 25.7 Å². The Labute approximate surface area is 128 Å². The smallest absolute Gasteiger partial charge is 0.307 e. The molecule has 0 bridgehead atoms. The number of carbonyl (C=O) groups excluding carboxylic acids is 1. The molecule has 0 amide bonds. The van der Waals surface area contributed by atoms with Crippen LogP contribution in [-0.4, -0.2) is 38.7 Å². The molecule has 1 fully saturated rings. The number of rotatable bonds is 7. The number of carbonyl (C=O) groups is 1. The van der Waals surface area contributed by atoms with Gasteiger partial charge in [-0.1, -0.05) is 32.1 Å². The summed E-state index contributed by atoms with van der Waals surface area (Å²) in [6, 6.07) is 0.399. The highest BCUT2D eigenvalue weighted by atomic mass is 16.5. The molecule has 1 aliphatic rings. The lowest BCUT2D eigenvalue weighted by Gasteiger charge is -2.24. The van der Waals surface area contributed by atoms with Crippen molar-refractivity contribution in [2.45, 2.75) is 64.3 Å². The lowest BCUT2D eigenvalue weighted by Crippen LogP contribution is -2.43. The number of esters is 1. The summed E-state index contributed by atoms with van der Waals surface area (Å²) in [5.74, 6) is 1.47. The maximum atomic E-state index is 11.1. The third-order valence-electron chi connectivity index (χ3n) is 4.19. The monoisotopic (exact) mass is 297 g/mol. The van der Waals surface area contributed by atoms with Gasteiger partial charge in [-0.2, -0.15) is 0 Å². The molecular formula is C16H31N3O2. The molecule has 1 saturated carbocycles. The van der Waals surface area contributed by atoms with Crippen LogP contribution >= 0.6 is 0 Å². The molecule has 0 aromatic rings. The molecule has 1 unspecified atom stereocenters. The standard InChI is InChI=1S/C16H31N3O2/c1-13(9-10-14-7-5-4-6-8-14)19-16(17-2)18-12-11-15(20)21-3/h13-14H,4-12H2,1-3H3,(H2,17,18,19). The molecule has 0 aromatic heterocycles. The lowest BCUT2D eigenvalue weighted by molar-refractivity contribution is -0.140. The van der Waals surface area contributed by atoms with Crippen LogP contribution in [-0.2, 0) is 9.53 Å². The number of aliphatic imine (C=N–C) groups is 1. The van der Waals surface area contributed by atoms with Crippen molar-refractivity contribution in [3.05, 3.63) is 0 Å². The molecule has 2 N–H and O–H groups in total. The second-order valence-electron chi connectivity index (χ2n) is 5.95. The van der Waals surface area contributed by atoms with Crippen molar-refractivity contribution in [3.63, 3.8) is 0 Å². The van der Waals surface area contributed by atoms with Gasteiger partial charge in [0.25, 0.3) is 0 Å². The largest absolute Gasteiger partial charge is 0.469 e. The summed E-state index contributed by atoms with van der Waals surface area (Å²) in [6.45, 7) is 2.73. The number of nitrogens with zero attached hydrogens (tertiary/aromatic N) is 1. The Bertz CT molecular complexity index is 325. The van der Waals surface area contributed by atoms with Crippen LogP contribution in [0.1, 0.15) is 58.3 Å². The minimum absolute atomic E-state index is 0.205. The second kappa shape index (κ2) is 10.5. The average Bonchev–Trinajstić information content (AvgIpc) is 2.52. The van der Waals surface area contributed by atoms with Gasteiger partial charge in [0.2, 0.25) is 0 Å². The zero-order valence-corrected chi connectivity index (χ0v) is 13.8. The minimum atomic E-state index is -0.205. The van der Waals surface area contributed by atoms with E-state index in [1.165, 1.54) is 52.1 Å². The van der Waals surface area contributed by atoms with E-state index in [4.69, 9.17) is 0 Å². The Hall–Kier alpha value is -1.26. The normalized spacial score (nSPS) is 18.1. The molecule has 1 atom stereocenters. The fourth-order valence-electron chi connectivity index (χ4n) is 2.85. The third kappa shape index (κ3) is 7.93.